The van der Waals surface area contributed by atoms with Crippen molar-refractivity contribution in [1.29, 1.82) is 0 Å². The van der Waals surface area contributed by atoms with Crippen LogP contribution in [-0.4, -0.2) is 50.4 Å². The molecule has 1 aliphatic rings. The van der Waals surface area contributed by atoms with E-state index in [0.717, 1.165) is 36.9 Å². The Morgan fingerprint density at radius 1 is 1.17 bits per heavy atom. The van der Waals surface area contributed by atoms with Gasteiger partial charge in [0.15, 0.2) is 12.6 Å². The molecule has 0 bridgehead atoms. The van der Waals surface area contributed by atoms with E-state index in [1.807, 2.05) is 42.1 Å². The van der Waals surface area contributed by atoms with Crippen molar-refractivity contribution in [3.05, 3.63) is 54.6 Å². The number of aliphatic imine (C=N–C) groups is 1. The van der Waals surface area contributed by atoms with Crippen LogP contribution in [0.25, 0.3) is 0 Å². The second-order valence-electron chi connectivity index (χ2n) is 6.78. The fraction of sp³-hybridized carbons (Fsp3) is 0.364. The van der Waals surface area contributed by atoms with Crippen LogP contribution in [0.1, 0.15) is 13.3 Å². The van der Waals surface area contributed by atoms with E-state index in [9.17, 15) is 4.79 Å². The summed E-state index contributed by atoms with van der Waals surface area (Å²) in [6.45, 7) is 4.48. The van der Waals surface area contributed by atoms with E-state index in [2.05, 4.69) is 46.8 Å². The number of anilines is 1. The summed E-state index contributed by atoms with van der Waals surface area (Å²) in [7, 11) is 1.77. The van der Waals surface area contributed by atoms with Crippen molar-refractivity contribution in [2.45, 2.75) is 23.5 Å². The largest absolute Gasteiger partial charge is 0.482 e. The lowest BCUT2D eigenvalue weighted by atomic mass is 10.2. The number of nitrogens with one attached hydrogen (secondary N) is 2. The first kappa shape index (κ1) is 21.0. The monoisotopic (exact) mass is 412 g/mol. The smallest absolute Gasteiger partial charge is 0.265 e. The van der Waals surface area contributed by atoms with Gasteiger partial charge >= 0.3 is 0 Å². The van der Waals surface area contributed by atoms with Crippen molar-refractivity contribution in [3.63, 3.8) is 0 Å². The van der Waals surface area contributed by atoms with Crippen LogP contribution in [-0.2, 0) is 4.79 Å². The van der Waals surface area contributed by atoms with E-state index in [0.29, 0.717) is 11.8 Å². The Labute approximate surface area is 176 Å². The van der Waals surface area contributed by atoms with Crippen molar-refractivity contribution in [2.24, 2.45) is 4.99 Å². The SMILES string of the molecule is CN=C(NCCCN1C(=O)COc2ccccc21)NCC(C)Sc1ccccc1. The van der Waals surface area contributed by atoms with Gasteiger partial charge in [-0.3, -0.25) is 9.79 Å². The number of nitrogens with zero attached hydrogens (tertiary/aromatic N) is 2. The number of amides is 1. The second-order valence-corrected chi connectivity index (χ2v) is 8.29. The predicted molar refractivity (Wildman–Crippen MR) is 120 cm³/mol. The van der Waals surface area contributed by atoms with Gasteiger partial charge in [0.2, 0.25) is 0 Å². The number of carbonyl (C=O) groups is 1. The van der Waals surface area contributed by atoms with Crippen LogP contribution in [0.2, 0.25) is 0 Å². The maximum atomic E-state index is 12.2. The highest BCUT2D eigenvalue weighted by molar-refractivity contribution is 8.00. The summed E-state index contributed by atoms with van der Waals surface area (Å²) < 4.78 is 5.49. The number of rotatable bonds is 8. The van der Waals surface area contributed by atoms with Gasteiger partial charge in [0.05, 0.1) is 5.69 Å². The van der Waals surface area contributed by atoms with Crippen LogP contribution in [0.5, 0.6) is 5.75 Å². The maximum Gasteiger partial charge on any atom is 0.265 e. The Bertz CT molecular complexity index is 829. The molecule has 154 valence electrons. The minimum Gasteiger partial charge on any atom is -0.482 e. The molecule has 2 aromatic rings. The zero-order valence-corrected chi connectivity index (χ0v) is 17.7. The summed E-state index contributed by atoms with van der Waals surface area (Å²) in [6, 6.07) is 18.1. The van der Waals surface area contributed by atoms with E-state index in [-0.39, 0.29) is 12.5 Å². The fourth-order valence-electron chi connectivity index (χ4n) is 3.08. The lowest BCUT2D eigenvalue weighted by Crippen LogP contribution is -2.43. The van der Waals surface area contributed by atoms with Gasteiger partial charge in [-0.05, 0) is 30.7 Å². The number of para-hydroxylation sites is 2. The van der Waals surface area contributed by atoms with E-state index < -0.39 is 0 Å². The zero-order valence-electron chi connectivity index (χ0n) is 16.9. The summed E-state index contributed by atoms with van der Waals surface area (Å²) in [5, 5.41) is 7.11. The molecule has 29 heavy (non-hydrogen) atoms. The van der Waals surface area contributed by atoms with E-state index in [4.69, 9.17) is 4.74 Å². The molecule has 0 radical (unpaired) electrons. The molecule has 0 saturated heterocycles. The van der Waals surface area contributed by atoms with Gasteiger partial charge < -0.3 is 20.3 Å². The Morgan fingerprint density at radius 3 is 2.72 bits per heavy atom. The van der Waals surface area contributed by atoms with Crippen LogP contribution < -0.4 is 20.3 Å². The molecule has 1 amide bonds. The van der Waals surface area contributed by atoms with Gasteiger partial charge in [-0.2, -0.15) is 0 Å². The molecule has 0 saturated carbocycles. The first-order valence-corrected chi connectivity index (χ1v) is 10.7. The lowest BCUT2D eigenvalue weighted by molar-refractivity contribution is -0.121. The molecule has 2 N–H and O–H groups in total. The molecule has 6 nitrogen and oxygen atoms in total. The number of ether oxygens (including phenoxy) is 1. The molecule has 1 aliphatic heterocycles. The molecule has 2 aromatic carbocycles. The van der Waals surface area contributed by atoms with Crippen LogP contribution in [0.4, 0.5) is 5.69 Å². The number of hydrogen-bond acceptors (Lipinski definition) is 4. The first-order valence-electron chi connectivity index (χ1n) is 9.86. The Morgan fingerprint density at radius 2 is 1.93 bits per heavy atom. The average Bonchev–Trinajstić information content (AvgIpc) is 2.75. The summed E-state index contributed by atoms with van der Waals surface area (Å²) in [5.41, 5.74) is 0.845. The standard InChI is InChI=1S/C22H28N4O2S/c1-17(29-18-9-4-3-5-10-18)15-25-22(23-2)24-13-8-14-26-19-11-6-7-12-20(19)28-16-21(26)27/h3-7,9-12,17H,8,13-16H2,1-2H3,(H2,23,24,25). The number of guanidine groups is 1. The minimum absolute atomic E-state index is 0.00188. The normalized spacial score (nSPS) is 14.8. The average molecular weight is 413 g/mol. The molecule has 7 heteroatoms. The summed E-state index contributed by atoms with van der Waals surface area (Å²) in [5.74, 6) is 1.54. The predicted octanol–water partition coefficient (Wildman–Crippen LogP) is 3.15. The summed E-state index contributed by atoms with van der Waals surface area (Å²) in [6.07, 6.45) is 0.815. The van der Waals surface area contributed by atoms with Gasteiger partial charge in [-0.25, -0.2) is 0 Å². The van der Waals surface area contributed by atoms with E-state index >= 15 is 0 Å². The zero-order chi connectivity index (χ0) is 20.5. The quantitative estimate of drug-likeness (QED) is 0.302. The highest BCUT2D eigenvalue weighted by Gasteiger charge is 2.24. The van der Waals surface area contributed by atoms with Gasteiger partial charge in [0.25, 0.3) is 5.91 Å². The van der Waals surface area contributed by atoms with Gasteiger partial charge in [-0.15, -0.1) is 11.8 Å². The van der Waals surface area contributed by atoms with Crippen molar-refractivity contribution in [2.75, 3.05) is 38.2 Å². The van der Waals surface area contributed by atoms with Crippen molar-refractivity contribution in [3.8, 4) is 5.75 Å². The first-order chi connectivity index (χ1) is 14.2. The van der Waals surface area contributed by atoms with E-state index in [1.165, 1.54) is 4.90 Å². The second kappa shape index (κ2) is 10.8. The van der Waals surface area contributed by atoms with Crippen molar-refractivity contribution in [1.82, 2.24) is 10.6 Å². The third-order valence-electron chi connectivity index (χ3n) is 4.52. The van der Waals surface area contributed by atoms with Crippen LogP contribution >= 0.6 is 11.8 Å². The Kier molecular flexibility index (Phi) is 7.81. The molecular formula is C22H28N4O2S. The third-order valence-corrected chi connectivity index (χ3v) is 5.63. The van der Waals surface area contributed by atoms with Crippen molar-refractivity contribution >= 4 is 29.3 Å². The van der Waals surface area contributed by atoms with Crippen molar-refractivity contribution < 1.29 is 9.53 Å². The van der Waals surface area contributed by atoms with Crippen LogP contribution in [0.15, 0.2) is 64.5 Å². The number of hydrogen-bond donors (Lipinski definition) is 2. The molecular weight excluding hydrogens is 384 g/mol. The molecule has 0 aliphatic carbocycles. The molecule has 1 heterocycles. The molecule has 0 fully saturated rings. The number of benzene rings is 2. The molecule has 1 unspecified atom stereocenters. The highest BCUT2D eigenvalue weighted by atomic mass is 32.2. The van der Waals surface area contributed by atoms with Gasteiger partial charge in [0, 0.05) is 36.8 Å². The van der Waals surface area contributed by atoms with Gasteiger partial charge in [0.1, 0.15) is 5.75 Å². The summed E-state index contributed by atoms with van der Waals surface area (Å²) in [4.78, 5) is 19.6. The topological polar surface area (TPSA) is 66.0 Å². The maximum absolute atomic E-state index is 12.2. The molecule has 1 atom stereocenters. The minimum atomic E-state index is -0.00188. The van der Waals surface area contributed by atoms with Gasteiger partial charge in [-0.1, -0.05) is 37.3 Å². The number of fused-ring (bicyclic) bond motifs is 1. The Hall–Kier alpha value is -2.67. The third kappa shape index (κ3) is 6.15. The fourth-order valence-corrected chi connectivity index (χ4v) is 4.02. The number of thioether (sulfide) groups is 1. The lowest BCUT2D eigenvalue weighted by Gasteiger charge is -2.29. The van der Waals surface area contributed by atoms with E-state index in [1.54, 1.807) is 11.9 Å². The summed E-state index contributed by atoms with van der Waals surface area (Å²) >= 11 is 1.84. The molecule has 0 spiro atoms. The molecule has 3 rings (SSSR count). The van der Waals surface area contributed by atoms with Crippen LogP contribution in [0, 0.1) is 0 Å². The van der Waals surface area contributed by atoms with Crippen LogP contribution in [0.3, 0.4) is 0 Å². The number of carbonyl (C=O) groups excluding carboxylic acids is 1. The molecule has 0 aromatic heterocycles. The highest BCUT2D eigenvalue weighted by Crippen LogP contribution is 2.31. The Balaban J connectivity index is 1.40.